The Labute approximate surface area is 155 Å². The smallest absolute Gasteiger partial charge is 0.410 e. The number of carbonyl (C=O) groups excluding carboxylic acids is 2. The van der Waals surface area contributed by atoms with Gasteiger partial charge < -0.3 is 19.3 Å². The van der Waals surface area contributed by atoms with Crippen LogP contribution < -0.4 is 9.64 Å². The van der Waals surface area contributed by atoms with E-state index in [0.29, 0.717) is 19.6 Å². The van der Waals surface area contributed by atoms with E-state index in [-0.39, 0.29) is 18.6 Å². The van der Waals surface area contributed by atoms with Crippen molar-refractivity contribution in [2.75, 3.05) is 31.1 Å². The summed E-state index contributed by atoms with van der Waals surface area (Å²) in [5.41, 5.74) is 2.71. The van der Waals surface area contributed by atoms with Gasteiger partial charge in [-0.2, -0.15) is 0 Å². The van der Waals surface area contributed by atoms with E-state index in [1.807, 2.05) is 31.7 Å². The Hall–Kier alpha value is -2.24. The maximum absolute atomic E-state index is 12.4. The van der Waals surface area contributed by atoms with E-state index in [2.05, 4.69) is 13.0 Å². The van der Waals surface area contributed by atoms with Crippen molar-refractivity contribution >= 4 is 17.7 Å². The number of fused-ring (bicyclic) bond motifs is 2. The standard InChI is InChI=1S/C20H28N2O4/c1-5-8-22-16-11-14-6-9-21(19(24)26-20(2,3)4)10-7-15(14)12-17(16)25-13-18(22)23/h11-12H,5-10,13H2,1-4H3. The number of hydrogen-bond acceptors (Lipinski definition) is 4. The van der Waals surface area contributed by atoms with Crippen molar-refractivity contribution in [3.05, 3.63) is 23.3 Å². The number of rotatable bonds is 2. The van der Waals surface area contributed by atoms with Crippen LogP contribution in [0.3, 0.4) is 0 Å². The van der Waals surface area contributed by atoms with Crippen molar-refractivity contribution in [2.24, 2.45) is 0 Å². The Bertz CT molecular complexity index is 708. The van der Waals surface area contributed by atoms with Crippen LogP contribution in [0.1, 0.15) is 45.2 Å². The molecule has 0 saturated heterocycles. The van der Waals surface area contributed by atoms with Crippen molar-refractivity contribution in [2.45, 2.75) is 52.6 Å². The summed E-state index contributed by atoms with van der Waals surface area (Å²) in [6, 6.07) is 4.11. The van der Waals surface area contributed by atoms with E-state index < -0.39 is 5.60 Å². The monoisotopic (exact) mass is 360 g/mol. The van der Waals surface area contributed by atoms with Gasteiger partial charge in [0.1, 0.15) is 11.4 Å². The van der Waals surface area contributed by atoms with Gasteiger partial charge in [-0.05, 0) is 63.3 Å². The molecule has 2 aliphatic heterocycles. The minimum absolute atomic E-state index is 0.00306. The Morgan fingerprint density at radius 2 is 1.85 bits per heavy atom. The maximum atomic E-state index is 12.4. The molecule has 0 bridgehead atoms. The first kappa shape index (κ1) is 18.5. The van der Waals surface area contributed by atoms with Crippen LogP contribution in [-0.2, 0) is 22.4 Å². The molecule has 0 aliphatic carbocycles. The fraction of sp³-hybridized carbons (Fsp3) is 0.600. The average Bonchev–Trinajstić information content (AvgIpc) is 2.76. The van der Waals surface area contributed by atoms with E-state index in [9.17, 15) is 9.59 Å². The topological polar surface area (TPSA) is 59.1 Å². The van der Waals surface area contributed by atoms with Crippen LogP contribution in [0.15, 0.2) is 12.1 Å². The Balaban J connectivity index is 1.81. The van der Waals surface area contributed by atoms with E-state index in [0.717, 1.165) is 30.7 Å². The predicted octanol–water partition coefficient (Wildman–Crippen LogP) is 3.16. The third-order valence-corrected chi connectivity index (χ3v) is 4.63. The number of benzene rings is 1. The SMILES string of the molecule is CCCN1C(=O)COc2cc3c(cc21)CCN(C(=O)OC(C)(C)C)CC3. The number of anilines is 1. The van der Waals surface area contributed by atoms with Gasteiger partial charge in [-0.1, -0.05) is 6.92 Å². The lowest BCUT2D eigenvalue weighted by Gasteiger charge is -2.30. The molecule has 0 saturated carbocycles. The molecule has 0 spiro atoms. The zero-order chi connectivity index (χ0) is 18.9. The van der Waals surface area contributed by atoms with Crippen LogP contribution in [-0.4, -0.2) is 48.7 Å². The van der Waals surface area contributed by atoms with Crippen molar-refractivity contribution in [3.63, 3.8) is 0 Å². The Morgan fingerprint density at radius 1 is 1.19 bits per heavy atom. The summed E-state index contributed by atoms with van der Waals surface area (Å²) in [7, 11) is 0. The molecule has 6 nitrogen and oxygen atoms in total. The molecule has 2 amide bonds. The minimum Gasteiger partial charge on any atom is -0.482 e. The molecule has 0 radical (unpaired) electrons. The molecule has 2 heterocycles. The summed E-state index contributed by atoms with van der Waals surface area (Å²) < 4.78 is 11.2. The average molecular weight is 360 g/mol. The maximum Gasteiger partial charge on any atom is 0.410 e. The largest absolute Gasteiger partial charge is 0.482 e. The molecule has 0 fully saturated rings. The quantitative estimate of drug-likeness (QED) is 0.813. The molecule has 6 heteroatoms. The van der Waals surface area contributed by atoms with Crippen LogP contribution >= 0.6 is 0 Å². The highest BCUT2D eigenvalue weighted by Gasteiger charge is 2.29. The van der Waals surface area contributed by atoms with Gasteiger partial charge >= 0.3 is 6.09 Å². The van der Waals surface area contributed by atoms with Gasteiger partial charge in [0.05, 0.1) is 5.69 Å². The zero-order valence-corrected chi connectivity index (χ0v) is 16.1. The number of nitrogens with zero attached hydrogens (tertiary/aromatic N) is 2. The highest BCUT2D eigenvalue weighted by atomic mass is 16.6. The first-order valence-electron chi connectivity index (χ1n) is 9.35. The Kier molecular flexibility index (Phi) is 5.12. The van der Waals surface area contributed by atoms with Gasteiger partial charge in [0.15, 0.2) is 6.61 Å². The van der Waals surface area contributed by atoms with Gasteiger partial charge in [0.25, 0.3) is 5.91 Å². The summed E-state index contributed by atoms with van der Waals surface area (Å²) in [4.78, 5) is 28.1. The zero-order valence-electron chi connectivity index (χ0n) is 16.1. The Morgan fingerprint density at radius 3 is 2.46 bits per heavy atom. The van der Waals surface area contributed by atoms with E-state index in [1.54, 1.807) is 4.90 Å². The molecule has 0 atom stereocenters. The summed E-state index contributed by atoms with van der Waals surface area (Å²) in [6.45, 7) is 9.71. The minimum atomic E-state index is -0.496. The summed E-state index contributed by atoms with van der Waals surface area (Å²) in [6.07, 6.45) is 2.13. The van der Waals surface area contributed by atoms with Crippen molar-refractivity contribution in [3.8, 4) is 5.75 Å². The fourth-order valence-corrected chi connectivity index (χ4v) is 3.40. The molecule has 0 unspecified atom stereocenters. The molecule has 0 aromatic heterocycles. The lowest BCUT2D eigenvalue weighted by atomic mass is 10.0. The van der Waals surface area contributed by atoms with E-state index in [1.165, 1.54) is 11.1 Å². The second-order valence-corrected chi connectivity index (χ2v) is 7.89. The van der Waals surface area contributed by atoms with E-state index >= 15 is 0 Å². The predicted molar refractivity (Wildman–Crippen MR) is 99.8 cm³/mol. The third kappa shape index (κ3) is 3.94. The van der Waals surface area contributed by atoms with Crippen LogP contribution in [0, 0.1) is 0 Å². The van der Waals surface area contributed by atoms with Gasteiger partial charge in [0, 0.05) is 19.6 Å². The van der Waals surface area contributed by atoms with Crippen molar-refractivity contribution < 1.29 is 19.1 Å². The fourth-order valence-electron chi connectivity index (χ4n) is 3.40. The molecule has 2 aliphatic rings. The van der Waals surface area contributed by atoms with Crippen LogP contribution in [0.4, 0.5) is 10.5 Å². The first-order chi connectivity index (χ1) is 12.3. The van der Waals surface area contributed by atoms with Crippen LogP contribution in [0.5, 0.6) is 5.75 Å². The first-order valence-corrected chi connectivity index (χ1v) is 9.35. The lowest BCUT2D eigenvalue weighted by Crippen LogP contribution is -2.39. The second-order valence-electron chi connectivity index (χ2n) is 7.89. The number of hydrogen-bond donors (Lipinski definition) is 0. The highest BCUT2D eigenvalue weighted by Crippen LogP contribution is 2.36. The molecule has 1 aromatic rings. The van der Waals surface area contributed by atoms with Crippen LogP contribution in [0.2, 0.25) is 0 Å². The highest BCUT2D eigenvalue weighted by molar-refractivity contribution is 5.98. The summed E-state index contributed by atoms with van der Waals surface area (Å²) in [5, 5.41) is 0. The number of carbonyl (C=O) groups is 2. The number of ether oxygens (including phenoxy) is 2. The van der Waals surface area contributed by atoms with Crippen LogP contribution in [0.25, 0.3) is 0 Å². The molecular formula is C20H28N2O4. The lowest BCUT2D eigenvalue weighted by molar-refractivity contribution is -0.121. The normalized spacial score (nSPS) is 17.2. The van der Waals surface area contributed by atoms with Gasteiger partial charge in [-0.3, -0.25) is 4.79 Å². The molecular weight excluding hydrogens is 332 g/mol. The second kappa shape index (κ2) is 7.17. The summed E-state index contributed by atoms with van der Waals surface area (Å²) >= 11 is 0. The molecule has 26 heavy (non-hydrogen) atoms. The van der Waals surface area contributed by atoms with Gasteiger partial charge in [0.2, 0.25) is 0 Å². The van der Waals surface area contributed by atoms with Gasteiger partial charge in [-0.15, -0.1) is 0 Å². The van der Waals surface area contributed by atoms with E-state index in [4.69, 9.17) is 9.47 Å². The molecule has 1 aromatic carbocycles. The van der Waals surface area contributed by atoms with Crippen molar-refractivity contribution in [1.82, 2.24) is 4.90 Å². The van der Waals surface area contributed by atoms with Crippen molar-refractivity contribution in [1.29, 1.82) is 0 Å². The summed E-state index contributed by atoms with van der Waals surface area (Å²) in [5.74, 6) is 0.769. The molecule has 3 rings (SSSR count). The molecule has 142 valence electrons. The third-order valence-electron chi connectivity index (χ3n) is 4.63. The molecule has 0 N–H and O–H groups in total. The number of amides is 2. The van der Waals surface area contributed by atoms with Gasteiger partial charge in [-0.25, -0.2) is 4.79 Å².